The average molecular weight is 447 g/mol. The highest BCUT2D eigenvalue weighted by Gasteiger charge is 2.28. The fraction of sp³-hybridized carbons (Fsp3) is 0.467. The maximum Gasteiger partial charge on any atom is 0.294 e. The standard InChI is InChI=1S/C15H19BrN4O3S2/c1-2-23-15-18-17-14(24-15)11-19-6-8-20(9-7-19)25(21,22)13-5-3-4-12(16)10-13/h3-5,10H,2,6-9,11H2,1H3. The molecule has 0 spiro atoms. The summed E-state index contributed by atoms with van der Waals surface area (Å²) in [5.41, 5.74) is 0. The Kier molecular flexibility index (Phi) is 6.05. The van der Waals surface area contributed by atoms with Crippen molar-refractivity contribution in [2.45, 2.75) is 18.4 Å². The van der Waals surface area contributed by atoms with E-state index in [9.17, 15) is 8.42 Å². The lowest BCUT2D eigenvalue weighted by Crippen LogP contribution is -2.48. The molecule has 7 nitrogen and oxygen atoms in total. The summed E-state index contributed by atoms with van der Waals surface area (Å²) in [4.78, 5) is 2.50. The number of nitrogens with zero attached hydrogens (tertiary/aromatic N) is 4. The third-order valence-corrected chi connectivity index (χ3v) is 7.05. The molecule has 0 radical (unpaired) electrons. The molecule has 2 heterocycles. The van der Waals surface area contributed by atoms with Gasteiger partial charge in [-0.2, -0.15) is 4.31 Å². The first-order chi connectivity index (χ1) is 12.0. The molecule has 1 saturated heterocycles. The van der Waals surface area contributed by atoms with Crippen molar-refractivity contribution >= 4 is 37.3 Å². The summed E-state index contributed by atoms with van der Waals surface area (Å²) in [5.74, 6) is 0. The van der Waals surface area contributed by atoms with Crippen LogP contribution in [0.15, 0.2) is 33.6 Å². The fourth-order valence-electron chi connectivity index (χ4n) is 2.58. The Hall–Kier alpha value is -1.07. The second-order valence-electron chi connectivity index (χ2n) is 5.53. The van der Waals surface area contributed by atoms with E-state index in [1.54, 1.807) is 18.2 Å². The van der Waals surface area contributed by atoms with Crippen LogP contribution < -0.4 is 4.74 Å². The number of ether oxygens (including phenoxy) is 1. The van der Waals surface area contributed by atoms with Gasteiger partial charge in [0.05, 0.1) is 18.0 Å². The largest absolute Gasteiger partial charge is 0.469 e. The smallest absolute Gasteiger partial charge is 0.294 e. The molecule has 0 atom stereocenters. The average Bonchev–Trinajstić information content (AvgIpc) is 3.03. The van der Waals surface area contributed by atoms with Crippen LogP contribution in [0.3, 0.4) is 0 Å². The predicted molar refractivity (Wildman–Crippen MR) is 99.3 cm³/mol. The summed E-state index contributed by atoms with van der Waals surface area (Å²) in [5, 5.41) is 9.56. The molecule has 1 aliphatic rings. The monoisotopic (exact) mass is 446 g/mol. The number of rotatable bonds is 6. The Morgan fingerprint density at radius 1 is 1.24 bits per heavy atom. The Bertz CT molecular complexity index is 820. The van der Waals surface area contributed by atoms with Gasteiger partial charge in [0.2, 0.25) is 10.0 Å². The van der Waals surface area contributed by atoms with E-state index in [1.165, 1.54) is 15.6 Å². The number of aromatic nitrogens is 2. The first kappa shape index (κ1) is 18.7. The molecule has 2 aromatic rings. The number of halogens is 1. The molecular weight excluding hydrogens is 428 g/mol. The Balaban J connectivity index is 1.59. The normalized spacial score (nSPS) is 16.9. The lowest BCUT2D eigenvalue weighted by atomic mass is 10.3. The number of hydrogen-bond donors (Lipinski definition) is 0. The zero-order chi connectivity index (χ0) is 17.9. The van der Waals surface area contributed by atoms with Crippen LogP contribution in [0.4, 0.5) is 0 Å². The van der Waals surface area contributed by atoms with Crippen molar-refractivity contribution in [2.24, 2.45) is 0 Å². The molecule has 1 aromatic carbocycles. The van der Waals surface area contributed by atoms with Gasteiger partial charge in [0.25, 0.3) is 5.19 Å². The van der Waals surface area contributed by atoms with Gasteiger partial charge in [0, 0.05) is 30.7 Å². The van der Waals surface area contributed by atoms with Crippen LogP contribution in [0.25, 0.3) is 0 Å². The Morgan fingerprint density at radius 2 is 2.00 bits per heavy atom. The first-order valence-electron chi connectivity index (χ1n) is 7.92. The van der Waals surface area contributed by atoms with Crippen molar-refractivity contribution in [3.63, 3.8) is 0 Å². The van der Waals surface area contributed by atoms with E-state index >= 15 is 0 Å². The second-order valence-corrected chi connectivity index (χ2v) is 9.41. The van der Waals surface area contributed by atoms with E-state index < -0.39 is 10.0 Å². The molecule has 0 bridgehead atoms. The van der Waals surface area contributed by atoms with E-state index in [4.69, 9.17) is 4.74 Å². The first-order valence-corrected chi connectivity index (χ1v) is 11.0. The molecule has 1 fully saturated rings. The minimum absolute atomic E-state index is 0.320. The van der Waals surface area contributed by atoms with Crippen molar-refractivity contribution in [3.05, 3.63) is 33.7 Å². The highest BCUT2D eigenvalue weighted by atomic mass is 79.9. The minimum atomic E-state index is -3.45. The van der Waals surface area contributed by atoms with E-state index in [0.29, 0.717) is 49.4 Å². The molecule has 0 saturated carbocycles. The molecule has 0 unspecified atom stereocenters. The van der Waals surface area contributed by atoms with Crippen LogP contribution in [-0.2, 0) is 16.6 Å². The van der Waals surface area contributed by atoms with Crippen LogP contribution in [-0.4, -0.2) is 60.6 Å². The SMILES string of the molecule is CCOc1nnc(CN2CCN(S(=O)(=O)c3cccc(Br)c3)CC2)s1. The van der Waals surface area contributed by atoms with Crippen LogP contribution in [0.1, 0.15) is 11.9 Å². The summed E-state index contributed by atoms with van der Waals surface area (Å²) in [6, 6.07) is 6.81. The molecule has 1 aliphatic heterocycles. The van der Waals surface area contributed by atoms with Gasteiger partial charge < -0.3 is 4.74 Å². The zero-order valence-electron chi connectivity index (χ0n) is 13.8. The van der Waals surface area contributed by atoms with Gasteiger partial charge in [0.15, 0.2) is 0 Å². The zero-order valence-corrected chi connectivity index (χ0v) is 17.0. The van der Waals surface area contributed by atoms with Crippen molar-refractivity contribution in [1.82, 2.24) is 19.4 Å². The van der Waals surface area contributed by atoms with Gasteiger partial charge in [-0.1, -0.05) is 33.3 Å². The topological polar surface area (TPSA) is 75.6 Å². The number of piperazine rings is 1. The highest BCUT2D eigenvalue weighted by Crippen LogP contribution is 2.23. The minimum Gasteiger partial charge on any atom is -0.469 e. The third-order valence-electron chi connectivity index (χ3n) is 3.84. The summed E-state index contributed by atoms with van der Waals surface area (Å²) in [7, 11) is -3.45. The number of benzene rings is 1. The maximum absolute atomic E-state index is 12.7. The van der Waals surface area contributed by atoms with E-state index in [-0.39, 0.29) is 0 Å². The molecule has 25 heavy (non-hydrogen) atoms. The summed E-state index contributed by atoms with van der Waals surface area (Å²) < 4.78 is 33.1. The van der Waals surface area contributed by atoms with Gasteiger partial charge in [-0.05, 0) is 25.1 Å². The second kappa shape index (κ2) is 8.09. The Morgan fingerprint density at radius 3 is 2.68 bits per heavy atom. The summed E-state index contributed by atoms with van der Waals surface area (Å²) in [6.45, 7) is 5.40. The van der Waals surface area contributed by atoms with Gasteiger partial charge in [-0.15, -0.1) is 10.2 Å². The molecule has 3 rings (SSSR count). The van der Waals surface area contributed by atoms with Crippen LogP contribution >= 0.6 is 27.3 Å². The van der Waals surface area contributed by atoms with Crippen molar-refractivity contribution in [3.8, 4) is 5.19 Å². The molecule has 1 aromatic heterocycles. The molecular formula is C15H19BrN4O3S2. The van der Waals surface area contributed by atoms with Crippen LogP contribution in [0, 0.1) is 0 Å². The van der Waals surface area contributed by atoms with E-state index in [1.807, 2.05) is 13.0 Å². The van der Waals surface area contributed by atoms with Crippen LogP contribution in [0.2, 0.25) is 0 Å². The lowest BCUT2D eigenvalue weighted by molar-refractivity contribution is 0.181. The molecule has 10 heteroatoms. The van der Waals surface area contributed by atoms with Crippen LogP contribution in [0.5, 0.6) is 5.19 Å². The third kappa shape index (κ3) is 4.56. The lowest BCUT2D eigenvalue weighted by Gasteiger charge is -2.33. The van der Waals surface area contributed by atoms with Gasteiger partial charge in [-0.25, -0.2) is 8.42 Å². The van der Waals surface area contributed by atoms with Crippen molar-refractivity contribution < 1.29 is 13.2 Å². The molecule has 0 amide bonds. The number of hydrogen-bond acceptors (Lipinski definition) is 7. The summed E-state index contributed by atoms with van der Waals surface area (Å²) in [6.07, 6.45) is 0. The van der Waals surface area contributed by atoms with Gasteiger partial charge >= 0.3 is 0 Å². The predicted octanol–water partition coefficient (Wildman–Crippen LogP) is 2.21. The quantitative estimate of drug-likeness (QED) is 0.676. The highest BCUT2D eigenvalue weighted by molar-refractivity contribution is 9.10. The number of sulfonamides is 1. The molecule has 0 aliphatic carbocycles. The Labute approximate surface area is 159 Å². The van der Waals surface area contributed by atoms with Gasteiger partial charge in [0.1, 0.15) is 5.01 Å². The van der Waals surface area contributed by atoms with Crippen molar-refractivity contribution in [1.29, 1.82) is 0 Å². The summed E-state index contributed by atoms with van der Waals surface area (Å²) >= 11 is 4.76. The molecule has 0 N–H and O–H groups in total. The van der Waals surface area contributed by atoms with Gasteiger partial charge in [-0.3, -0.25) is 4.90 Å². The molecule has 136 valence electrons. The van der Waals surface area contributed by atoms with E-state index in [0.717, 1.165) is 9.48 Å². The fourth-order valence-corrected chi connectivity index (χ4v) is 5.39. The van der Waals surface area contributed by atoms with E-state index in [2.05, 4.69) is 31.0 Å². The maximum atomic E-state index is 12.7. The van der Waals surface area contributed by atoms with Crippen molar-refractivity contribution in [2.75, 3.05) is 32.8 Å².